The van der Waals surface area contributed by atoms with Gasteiger partial charge in [-0.1, -0.05) is 6.92 Å². The summed E-state index contributed by atoms with van der Waals surface area (Å²) >= 11 is 0. The second kappa shape index (κ2) is 6.82. The van der Waals surface area contributed by atoms with E-state index in [1.165, 1.54) is 12.1 Å². The number of nitrogens with two attached hydrogens (primary N) is 1. The minimum Gasteiger partial charge on any atom is -0.327 e. The van der Waals surface area contributed by atoms with E-state index in [4.69, 9.17) is 5.73 Å². The molecule has 2 unspecified atom stereocenters. The summed E-state index contributed by atoms with van der Waals surface area (Å²) < 4.78 is 0. The van der Waals surface area contributed by atoms with E-state index in [-0.39, 0.29) is 0 Å². The maximum atomic E-state index is 5.29. The molecule has 0 rings (SSSR count). The Labute approximate surface area is 49.0 Å². The zero-order valence-corrected chi connectivity index (χ0v) is 6.70. The number of rotatable bonds is 4. The lowest BCUT2D eigenvalue weighted by Crippen LogP contribution is -1.89. The van der Waals surface area contributed by atoms with Crippen molar-refractivity contribution < 1.29 is 0 Å². The van der Waals surface area contributed by atoms with Gasteiger partial charge >= 0.3 is 0 Å². The Morgan fingerprint density at radius 2 is 2.14 bits per heavy atom. The highest BCUT2D eigenvalue weighted by Gasteiger charge is 1.78. The van der Waals surface area contributed by atoms with Crippen LogP contribution in [0.3, 0.4) is 0 Å². The van der Waals surface area contributed by atoms with Crippen LogP contribution in [0.1, 0.15) is 6.92 Å². The molecule has 0 saturated heterocycles. The van der Waals surface area contributed by atoms with Gasteiger partial charge < -0.3 is 5.73 Å². The normalized spacial score (nSPS) is 12.9. The summed E-state index contributed by atoms with van der Waals surface area (Å²) in [6.45, 7) is 2.22. The third-order valence-corrected chi connectivity index (χ3v) is 3.43. The Balaban J connectivity index is 2.45. The van der Waals surface area contributed by atoms with Crippen LogP contribution in [0.5, 0.6) is 0 Å². The van der Waals surface area contributed by atoms with E-state index in [9.17, 15) is 0 Å². The summed E-state index contributed by atoms with van der Waals surface area (Å²) in [6.07, 6.45) is 2.24. The quantitative estimate of drug-likeness (QED) is 0.457. The zero-order chi connectivity index (χ0) is 5.54. The van der Waals surface area contributed by atoms with Crippen LogP contribution in [0.15, 0.2) is 0 Å². The van der Waals surface area contributed by atoms with Crippen LogP contribution in [-0.4, -0.2) is 18.4 Å². The lowest BCUT2D eigenvalue weighted by molar-refractivity contribution is 1.39. The van der Waals surface area contributed by atoms with Gasteiger partial charge in [0, 0.05) is 6.29 Å². The second-order valence-corrected chi connectivity index (χ2v) is 4.76. The van der Waals surface area contributed by atoms with Crippen LogP contribution >= 0.6 is 17.2 Å². The molecular weight excluding hydrogens is 124 g/mol. The molecular formula is C4H13NP2. The Kier molecular flexibility index (Phi) is 7.62. The number of hydrogen-bond acceptors (Lipinski definition) is 1. The van der Waals surface area contributed by atoms with Gasteiger partial charge in [-0.05, 0) is 12.1 Å². The van der Waals surface area contributed by atoms with Gasteiger partial charge in [-0.3, -0.25) is 0 Å². The summed E-state index contributed by atoms with van der Waals surface area (Å²) in [5, 5.41) is 0. The standard InChI is InChI=1S/C4H13NP2/c1-2-6-4-7-3-5/h6-7H,2-5H2,1H3. The minimum atomic E-state index is 0.896. The molecule has 0 heterocycles. The van der Waals surface area contributed by atoms with Gasteiger partial charge in [0.1, 0.15) is 0 Å². The topological polar surface area (TPSA) is 26.0 Å². The first kappa shape index (κ1) is 7.82. The lowest BCUT2D eigenvalue weighted by Gasteiger charge is -1.92. The Morgan fingerprint density at radius 3 is 2.57 bits per heavy atom. The third kappa shape index (κ3) is 6.82. The smallest absolute Gasteiger partial charge is 0.0102 e. The van der Waals surface area contributed by atoms with E-state index in [0.717, 1.165) is 23.4 Å². The zero-order valence-electron chi connectivity index (χ0n) is 4.70. The van der Waals surface area contributed by atoms with Crippen molar-refractivity contribution in [2.24, 2.45) is 5.73 Å². The average molecular weight is 137 g/mol. The van der Waals surface area contributed by atoms with Gasteiger partial charge in [0.25, 0.3) is 0 Å². The molecule has 0 fully saturated rings. The van der Waals surface area contributed by atoms with Gasteiger partial charge in [-0.15, -0.1) is 17.2 Å². The van der Waals surface area contributed by atoms with E-state index in [2.05, 4.69) is 6.92 Å². The number of hydrogen-bond donors (Lipinski definition) is 1. The first-order valence-corrected chi connectivity index (χ1v) is 5.36. The predicted octanol–water partition coefficient (Wildman–Crippen LogP) is 1.24. The highest BCUT2D eigenvalue weighted by Crippen LogP contribution is 2.20. The van der Waals surface area contributed by atoms with E-state index in [1.54, 1.807) is 0 Å². The molecule has 7 heavy (non-hydrogen) atoms. The van der Waals surface area contributed by atoms with E-state index in [1.807, 2.05) is 0 Å². The molecule has 2 atom stereocenters. The monoisotopic (exact) mass is 137 g/mol. The van der Waals surface area contributed by atoms with Crippen LogP contribution in [0.25, 0.3) is 0 Å². The van der Waals surface area contributed by atoms with Crippen LogP contribution < -0.4 is 5.73 Å². The first-order chi connectivity index (χ1) is 3.41. The van der Waals surface area contributed by atoms with Gasteiger partial charge in [0.05, 0.1) is 0 Å². The summed E-state index contributed by atoms with van der Waals surface area (Å²) in [4.78, 5) is 0. The van der Waals surface area contributed by atoms with Crippen LogP contribution in [0, 0.1) is 0 Å². The van der Waals surface area contributed by atoms with Gasteiger partial charge in [0.2, 0.25) is 0 Å². The molecule has 2 N–H and O–H groups in total. The predicted molar refractivity (Wildman–Crippen MR) is 41.1 cm³/mol. The fourth-order valence-electron chi connectivity index (χ4n) is 0.286. The van der Waals surface area contributed by atoms with Crippen molar-refractivity contribution in [1.29, 1.82) is 0 Å². The molecule has 0 aliphatic heterocycles. The molecule has 0 aromatic heterocycles. The van der Waals surface area contributed by atoms with E-state index >= 15 is 0 Å². The van der Waals surface area contributed by atoms with Crippen molar-refractivity contribution in [2.75, 3.05) is 18.4 Å². The highest BCUT2D eigenvalue weighted by atomic mass is 31.1. The van der Waals surface area contributed by atoms with Gasteiger partial charge in [0.15, 0.2) is 0 Å². The van der Waals surface area contributed by atoms with Crippen molar-refractivity contribution in [3.8, 4) is 0 Å². The minimum absolute atomic E-state index is 0.896. The largest absolute Gasteiger partial charge is 0.327 e. The molecule has 3 heteroatoms. The average Bonchev–Trinajstić information content (AvgIpc) is 1.69. The van der Waals surface area contributed by atoms with E-state index < -0.39 is 0 Å². The Bertz CT molecular complexity index is 28.9. The Morgan fingerprint density at radius 1 is 1.43 bits per heavy atom. The molecule has 0 aliphatic carbocycles. The first-order valence-electron chi connectivity index (χ1n) is 2.53. The summed E-state index contributed by atoms with van der Waals surface area (Å²) in [5.41, 5.74) is 5.29. The molecule has 0 amide bonds. The van der Waals surface area contributed by atoms with Crippen molar-refractivity contribution in [1.82, 2.24) is 0 Å². The molecule has 44 valence electrons. The fraction of sp³-hybridized carbons (Fsp3) is 1.00. The molecule has 0 radical (unpaired) electrons. The molecule has 1 nitrogen and oxygen atoms in total. The molecule has 0 aromatic carbocycles. The molecule has 0 bridgehead atoms. The van der Waals surface area contributed by atoms with Crippen LogP contribution in [0.4, 0.5) is 0 Å². The van der Waals surface area contributed by atoms with Crippen molar-refractivity contribution >= 4 is 17.2 Å². The maximum absolute atomic E-state index is 5.29. The summed E-state index contributed by atoms with van der Waals surface area (Å²) in [6, 6.07) is 0. The fourth-order valence-corrected chi connectivity index (χ4v) is 2.57. The van der Waals surface area contributed by atoms with Crippen LogP contribution in [-0.2, 0) is 0 Å². The second-order valence-electron chi connectivity index (χ2n) is 1.23. The molecule has 0 spiro atoms. The third-order valence-electron chi connectivity index (χ3n) is 0.644. The van der Waals surface area contributed by atoms with Crippen molar-refractivity contribution in [3.05, 3.63) is 0 Å². The van der Waals surface area contributed by atoms with Gasteiger partial charge in [-0.25, -0.2) is 0 Å². The summed E-state index contributed by atoms with van der Waals surface area (Å²) in [5.74, 6) is 1.37. The van der Waals surface area contributed by atoms with Crippen LogP contribution in [0.2, 0.25) is 0 Å². The summed E-state index contributed by atoms with van der Waals surface area (Å²) in [7, 11) is 2.17. The molecule has 0 aliphatic rings. The van der Waals surface area contributed by atoms with E-state index in [0.29, 0.717) is 0 Å². The molecule has 0 saturated carbocycles. The van der Waals surface area contributed by atoms with Crippen molar-refractivity contribution in [2.45, 2.75) is 6.92 Å². The van der Waals surface area contributed by atoms with Gasteiger partial charge in [-0.2, -0.15) is 0 Å². The maximum Gasteiger partial charge on any atom is 0.0102 e. The lowest BCUT2D eigenvalue weighted by atomic mass is 11.0. The Hall–Kier alpha value is 0.820. The molecule has 0 aromatic rings. The SMILES string of the molecule is CCPCPCN. The highest BCUT2D eigenvalue weighted by molar-refractivity contribution is 7.56. The van der Waals surface area contributed by atoms with Crippen molar-refractivity contribution in [3.63, 3.8) is 0 Å².